The van der Waals surface area contributed by atoms with Crippen molar-refractivity contribution in [3.8, 4) is 11.5 Å². The zero-order chi connectivity index (χ0) is 49.2. The van der Waals surface area contributed by atoms with Gasteiger partial charge in [0, 0.05) is 102 Å². The lowest BCUT2D eigenvalue weighted by atomic mass is 10.2. The number of hydrogen-bond donors (Lipinski definition) is 0. The average Bonchev–Trinajstić information content (AvgIpc) is 3.28. The van der Waals surface area contributed by atoms with Gasteiger partial charge in [0.15, 0.2) is 13.2 Å². The summed E-state index contributed by atoms with van der Waals surface area (Å²) < 4.78 is 116. The number of piperazine rings is 2. The minimum Gasteiger partial charge on any atom is -0.482 e. The summed E-state index contributed by atoms with van der Waals surface area (Å²) in [5, 5.41) is 0. The Bertz CT molecular complexity index is 2510. The fourth-order valence-electron chi connectivity index (χ4n) is 7.32. The van der Waals surface area contributed by atoms with Gasteiger partial charge in [0.1, 0.15) is 23.1 Å². The first kappa shape index (κ1) is 50.5. The van der Waals surface area contributed by atoms with Crippen molar-refractivity contribution in [1.82, 2.24) is 28.4 Å². The molecule has 0 N–H and O–H groups in total. The Kier molecular flexibility index (Phi) is 16.5. The quantitative estimate of drug-likeness (QED) is 0.105. The number of carbonyl (C=O) groups is 2. The highest BCUT2D eigenvalue weighted by Crippen LogP contribution is 2.33. The summed E-state index contributed by atoms with van der Waals surface area (Å²) in [5.41, 5.74) is -2.81. The molecule has 0 spiro atoms. The second-order valence-electron chi connectivity index (χ2n) is 15.4. The molecule has 0 atom stereocenters. The largest absolute Gasteiger partial charge is 0.482 e. The molecule has 2 aliphatic heterocycles. The van der Waals surface area contributed by atoms with Crippen LogP contribution < -0.4 is 51.4 Å². The minimum atomic E-state index is -4.61. The van der Waals surface area contributed by atoms with Crippen molar-refractivity contribution in [3.63, 3.8) is 0 Å². The number of ether oxygens (including phenoxy) is 2. The number of nitrogens with zero attached hydrogens (tertiary/aromatic N) is 8. The molecule has 2 saturated heterocycles. The van der Waals surface area contributed by atoms with Crippen molar-refractivity contribution in [2.75, 3.05) is 88.5 Å². The Hall–Kier alpha value is -6.96. The van der Waals surface area contributed by atoms with Gasteiger partial charge in [-0.05, 0) is 50.2 Å². The summed E-state index contributed by atoms with van der Waals surface area (Å²) in [4.78, 5) is 93.7. The van der Waals surface area contributed by atoms with Crippen molar-refractivity contribution < 1.29 is 63.9 Å². The highest BCUT2D eigenvalue weighted by molar-refractivity contribution is 5.91. The normalized spacial score (nSPS) is 15.2. The first-order valence-corrected chi connectivity index (χ1v) is 20.9. The van der Waals surface area contributed by atoms with Gasteiger partial charge in [-0.25, -0.2) is 28.0 Å². The van der Waals surface area contributed by atoms with Crippen LogP contribution in [0.1, 0.15) is 12.8 Å². The Morgan fingerprint density at radius 3 is 1.25 bits per heavy atom. The fourth-order valence-corrected chi connectivity index (χ4v) is 7.32. The van der Waals surface area contributed by atoms with Crippen molar-refractivity contribution in [2.45, 2.75) is 38.3 Å². The third-order valence-electron chi connectivity index (χ3n) is 10.6. The number of aromatic nitrogens is 4. The Labute approximate surface area is 379 Å². The Morgan fingerprint density at radius 2 is 0.897 bits per heavy atom. The standard InChI is InChI=1S/C42H44F8N8O10/c43-29-3-5-31(33(25-29)65-27-41(45,46)47)53-21-17-51(18-22-53)11-1-13-55-35(59)9-15-57(39(55)63)67-37(61)7-8-38(62)68-58-16-10-36(60)56(40(58)64)14-2-12-52-19-23-54(24-20-52)32-6-4-30(44)26-34(32)66-28-42(48,49)50/h3-10,15-16,25-26H,1-2,11-14,17-24,27-28H2/b8-7+. The van der Waals surface area contributed by atoms with Gasteiger partial charge in [0.25, 0.3) is 11.1 Å². The monoisotopic (exact) mass is 972 g/mol. The Morgan fingerprint density at radius 1 is 0.529 bits per heavy atom. The lowest BCUT2D eigenvalue weighted by Gasteiger charge is -2.36. The van der Waals surface area contributed by atoms with Crippen molar-refractivity contribution >= 4 is 23.3 Å². The van der Waals surface area contributed by atoms with E-state index in [9.17, 15) is 63.9 Å². The van der Waals surface area contributed by atoms with Crippen LogP contribution in [0.25, 0.3) is 0 Å². The van der Waals surface area contributed by atoms with Crippen molar-refractivity contribution in [3.05, 3.63) is 126 Å². The molecule has 0 unspecified atom stereocenters. The number of benzene rings is 2. The van der Waals surface area contributed by atoms with Gasteiger partial charge in [-0.1, -0.05) is 0 Å². The van der Waals surface area contributed by atoms with E-state index in [1.54, 1.807) is 9.80 Å². The van der Waals surface area contributed by atoms with Crippen molar-refractivity contribution in [2.24, 2.45) is 0 Å². The molecular weight excluding hydrogens is 928 g/mol. The topological polar surface area (TPSA) is 172 Å². The molecule has 2 aliphatic rings. The van der Waals surface area contributed by atoms with Gasteiger partial charge in [0.05, 0.1) is 23.8 Å². The lowest BCUT2D eigenvalue weighted by Crippen LogP contribution is -2.47. The van der Waals surface area contributed by atoms with E-state index in [0.29, 0.717) is 98.4 Å². The minimum absolute atomic E-state index is 0.0885. The summed E-state index contributed by atoms with van der Waals surface area (Å²) in [6.07, 6.45) is -5.66. The Balaban J connectivity index is 0.942. The second-order valence-corrected chi connectivity index (χ2v) is 15.4. The highest BCUT2D eigenvalue weighted by Gasteiger charge is 2.31. The zero-order valence-corrected chi connectivity index (χ0v) is 35.9. The summed E-state index contributed by atoms with van der Waals surface area (Å²) in [6.45, 7) is 0.685. The molecule has 0 bridgehead atoms. The van der Waals surface area contributed by atoms with E-state index >= 15 is 0 Å². The van der Waals surface area contributed by atoms with Crippen LogP contribution in [0.15, 0.2) is 92.3 Å². The van der Waals surface area contributed by atoms with E-state index in [-0.39, 0.29) is 37.4 Å². The molecule has 2 aromatic carbocycles. The SMILES string of the molecule is O=C(/C=C/C(=O)On1ccc(=O)n(CCCN2CCN(c3ccc(F)cc3OCC(F)(F)F)CC2)c1=O)On1ccc(=O)n(CCCN2CCN(c3ccc(F)cc3OCC(F)(F)F)CC2)c1=O. The van der Waals surface area contributed by atoms with Crippen LogP contribution in [0.3, 0.4) is 0 Å². The van der Waals surface area contributed by atoms with Gasteiger partial charge in [-0.2, -0.15) is 26.3 Å². The molecular formula is C42H44F8N8O10. The molecule has 4 heterocycles. The third kappa shape index (κ3) is 14.3. The molecule has 2 fully saturated rings. The van der Waals surface area contributed by atoms with Crippen LogP contribution in [0.4, 0.5) is 46.5 Å². The van der Waals surface area contributed by atoms with Crippen LogP contribution in [-0.4, -0.2) is 131 Å². The molecule has 18 nitrogen and oxygen atoms in total. The number of rotatable bonds is 18. The van der Waals surface area contributed by atoms with Gasteiger partial charge >= 0.3 is 35.7 Å². The number of hydrogen-bond acceptors (Lipinski definition) is 14. The number of anilines is 2. The average molecular weight is 973 g/mol. The maximum Gasteiger partial charge on any atom is 0.422 e. The predicted octanol–water partition coefficient (Wildman–Crippen LogP) is 2.09. The van der Waals surface area contributed by atoms with Gasteiger partial charge < -0.3 is 28.9 Å². The molecule has 0 saturated carbocycles. The number of carbonyl (C=O) groups excluding carboxylic acids is 2. The summed E-state index contributed by atoms with van der Waals surface area (Å²) in [6, 6.07) is 8.66. The van der Waals surface area contributed by atoms with Crippen LogP contribution in [0.2, 0.25) is 0 Å². The van der Waals surface area contributed by atoms with E-state index in [1.165, 1.54) is 12.1 Å². The van der Waals surface area contributed by atoms with E-state index in [2.05, 4.69) is 0 Å². The molecule has 0 aliphatic carbocycles. The molecule has 4 aromatic rings. The van der Waals surface area contributed by atoms with E-state index in [4.69, 9.17) is 19.1 Å². The maximum absolute atomic E-state index is 13.8. The molecule has 0 radical (unpaired) electrons. The summed E-state index contributed by atoms with van der Waals surface area (Å²) in [7, 11) is 0. The number of halogens is 8. The highest BCUT2D eigenvalue weighted by atomic mass is 19.4. The molecule has 0 amide bonds. The van der Waals surface area contributed by atoms with Gasteiger partial charge in [0.2, 0.25) is 0 Å². The van der Waals surface area contributed by atoms with E-state index in [1.807, 2.05) is 9.80 Å². The molecule has 68 heavy (non-hydrogen) atoms. The van der Waals surface area contributed by atoms with E-state index < -0.39 is 71.6 Å². The van der Waals surface area contributed by atoms with E-state index in [0.717, 1.165) is 57.9 Å². The molecule has 6 rings (SSSR count). The first-order chi connectivity index (χ1) is 32.2. The summed E-state index contributed by atoms with van der Waals surface area (Å²) >= 11 is 0. The zero-order valence-electron chi connectivity index (χ0n) is 35.9. The maximum atomic E-state index is 13.8. The van der Waals surface area contributed by atoms with Gasteiger partial charge in [-0.3, -0.25) is 28.5 Å². The predicted molar refractivity (Wildman–Crippen MR) is 225 cm³/mol. The van der Waals surface area contributed by atoms with Gasteiger partial charge in [-0.15, -0.1) is 9.46 Å². The van der Waals surface area contributed by atoms with Crippen LogP contribution >= 0.6 is 0 Å². The fraction of sp³-hybridized carbons (Fsp3) is 0.429. The first-order valence-electron chi connectivity index (χ1n) is 20.9. The molecule has 26 heteroatoms. The lowest BCUT2D eigenvalue weighted by molar-refractivity contribution is -0.154. The smallest absolute Gasteiger partial charge is 0.422 e. The third-order valence-corrected chi connectivity index (χ3v) is 10.6. The number of alkyl halides is 6. The van der Waals surface area contributed by atoms with Crippen LogP contribution in [0.5, 0.6) is 11.5 Å². The summed E-state index contributed by atoms with van der Waals surface area (Å²) in [5.74, 6) is -4.48. The van der Waals surface area contributed by atoms with Crippen LogP contribution in [-0.2, 0) is 22.7 Å². The second kappa shape index (κ2) is 22.2. The molecule has 368 valence electrons. The van der Waals surface area contributed by atoms with Crippen LogP contribution in [0, 0.1) is 11.6 Å². The van der Waals surface area contributed by atoms with Crippen molar-refractivity contribution in [1.29, 1.82) is 0 Å². The molecule has 2 aromatic heterocycles.